The van der Waals surface area contributed by atoms with Crippen molar-refractivity contribution in [3.8, 4) is 0 Å². The number of rotatable bonds is 2. The lowest BCUT2D eigenvalue weighted by Gasteiger charge is -2.46. The van der Waals surface area contributed by atoms with Crippen molar-refractivity contribution < 1.29 is 4.79 Å². The molecule has 13 heavy (non-hydrogen) atoms. The molecule has 1 aliphatic heterocycles. The summed E-state index contributed by atoms with van der Waals surface area (Å²) in [6, 6.07) is 0.371. The molecule has 1 saturated heterocycles. The predicted octanol–water partition coefficient (Wildman–Crippen LogP) is 1.98. The molecule has 0 aromatic carbocycles. The molecule has 0 aromatic rings. The molecule has 0 saturated carbocycles. The first-order chi connectivity index (χ1) is 6.01. The van der Waals surface area contributed by atoms with Crippen LogP contribution in [-0.2, 0) is 0 Å². The number of hydrogen-bond donors (Lipinski definition) is 1. The maximum atomic E-state index is 11.6. The van der Waals surface area contributed by atoms with Gasteiger partial charge in [-0.05, 0) is 33.6 Å². The van der Waals surface area contributed by atoms with Crippen LogP contribution in [0.15, 0.2) is 0 Å². The molecule has 1 atom stereocenters. The average Bonchev–Trinajstić information content (AvgIpc) is 2.03. The fraction of sp³-hybridized carbons (Fsp3) is 0.900. The Bertz CT molecular complexity index is 203. The highest BCUT2D eigenvalue weighted by Gasteiger charge is 2.38. The monoisotopic (exact) mass is 184 g/mol. The van der Waals surface area contributed by atoms with Crippen molar-refractivity contribution in [1.82, 2.24) is 10.2 Å². The van der Waals surface area contributed by atoms with Crippen molar-refractivity contribution in [2.24, 2.45) is 0 Å². The molecule has 0 radical (unpaired) electrons. The SMILES string of the molecule is CCC1(C)CCNC(=O)N1C(C)C. The standard InChI is InChI=1S/C10H20N2O/c1-5-10(4)6-7-11-9(13)12(10)8(2)3/h8H,5-7H2,1-4H3,(H,11,13). The van der Waals surface area contributed by atoms with Crippen LogP contribution in [0.3, 0.4) is 0 Å². The number of nitrogens with one attached hydrogen (secondary N) is 1. The highest BCUT2D eigenvalue weighted by Crippen LogP contribution is 2.28. The number of nitrogens with zero attached hydrogens (tertiary/aromatic N) is 1. The maximum Gasteiger partial charge on any atom is 0.318 e. The normalized spacial score (nSPS) is 29.3. The number of carbonyl (C=O) groups is 1. The van der Waals surface area contributed by atoms with E-state index in [4.69, 9.17) is 0 Å². The van der Waals surface area contributed by atoms with Crippen LogP contribution >= 0.6 is 0 Å². The van der Waals surface area contributed by atoms with E-state index in [1.54, 1.807) is 0 Å². The molecule has 0 aliphatic carbocycles. The number of carbonyl (C=O) groups excluding carboxylic acids is 1. The molecule has 0 spiro atoms. The van der Waals surface area contributed by atoms with Gasteiger partial charge in [-0.2, -0.15) is 0 Å². The summed E-state index contributed by atoms with van der Waals surface area (Å²) in [5.41, 5.74) is 0.0521. The van der Waals surface area contributed by atoms with Crippen LogP contribution in [0.5, 0.6) is 0 Å². The number of amides is 2. The second kappa shape index (κ2) is 3.56. The van der Waals surface area contributed by atoms with Gasteiger partial charge in [0.05, 0.1) is 0 Å². The summed E-state index contributed by atoms with van der Waals surface area (Å²) in [7, 11) is 0. The molecule has 1 fully saturated rings. The highest BCUT2D eigenvalue weighted by atomic mass is 16.2. The van der Waals surface area contributed by atoms with Crippen molar-refractivity contribution >= 4 is 6.03 Å². The van der Waals surface area contributed by atoms with Gasteiger partial charge in [-0.1, -0.05) is 6.92 Å². The van der Waals surface area contributed by atoms with E-state index < -0.39 is 0 Å². The molecular weight excluding hydrogens is 164 g/mol. The van der Waals surface area contributed by atoms with E-state index in [0.29, 0.717) is 0 Å². The maximum absolute atomic E-state index is 11.6. The number of urea groups is 1. The van der Waals surface area contributed by atoms with Crippen LogP contribution in [0, 0.1) is 0 Å². The first-order valence-corrected chi connectivity index (χ1v) is 5.08. The van der Waals surface area contributed by atoms with Crippen molar-refractivity contribution in [1.29, 1.82) is 0 Å². The molecular formula is C10H20N2O. The zero-order valence-corrected chi connectivity index (χ0v) is 9.05. The van der Waals surface area contributed by atoms with Gasteiger partial charge in [-0.3, -0.25) is 0 Å². The first kappa shape index (κ1) is 10.4. The second-order valence-corrected chi connectivity index (χ2v) is 4.30. The van der Waals surface area contributed by atoms with E-state index in [-0.39, 0.29) is 17.6 Å². The summed E-state index contributed by atoms with van der Waals surface area (Å²) >= 11 is 0. The van der Waals surface area contributed by atoms with E-state index in [1.807, 2.05) is 4.90 Å². The second-order valence-electron chi connectivity index (χ2n) is 4.30. The molecule has 76 valence electrons. The van der Waals surface area contributed by atoms with Crippen molar-refractivity contribution in [2.75, 3.05) is 6.54 Å². The summed E-state index contributed by atoms with van der Waals surface area (Å²) in [6.07, 6.45) is 2.08. The Balaban J connectivity index is 2.86. The lowest BCUT2D eigenvalue weighted by molar-refractivity contribution is 0.0710. The molecule has 3 nitrogen and oxygen atoms in total. The van der Waals surface area contributed by atoms with Gasteiger partial charge >= 0.3 is 6.03 Å². The molecule has 1 rings (SSSR count). The Kier molecular flexibility index (Phi) is 2.84. The predicted molar refractivity (Wildman–Crippen MR) is 53.7 cm³/mol. The quantitative estimate of drug-likeness (QED) is 0.699. The van der Waals surface area contributed by atoms with Crippen molar-refractivity contribution in [3.05, 3.63) is 0 Å². The van der Waals surface area contributed by atoms with Crippen LogP contribution in [0.25, 0.3) is 0 Å². The summed E-state index contributed by atoms with van der Waals surface area (Å²) in [6.45, 7) is 9.27. The van der Waals surface area contributed by atoms with Gasteiger partial charge in [0.15, 0.2) is 0 Å². The molecule has 3 heteroatoms. The molecule has 2 amide bonds. The third kappa shape index (κ3) is 1.79. The van der Waals surface area contributed by atoms with Crippen molar-refractivity contribution in [2.45, 2.75) is 52.1 Å². The Morgan fingerprint density at radius 2 is 2.23 bits per heavy atom. The van der Waals surface area contributed by atoms with Gasteiger partial charge in [0.25, 0.3) is 0 Å². The van der Waals surface area contributed by atoms with Crippen LogP contribution in [-0.4, -0.2) is 29.1 Å². The lowest BCUT2D eigenvalue weighted by Crippen LogP contribution is -2.61. The Hall–Kier alpha value is -0.730. The molecule has 1 heterocycles. The van der Waals surface area contributed by atoms with Gasteiger partial charge in [0, 0.05) is 18.1 Å². The van der Waals surface area contributed by atoms with Gasteiger partial charge in [-0.25, -0.2) is 4.79 Å². The molecule has 0 bridgehead atoms. The fourth-order valence-corrected chi connectivity index (χ4v) is 2.09. The zero-order valence-electron chi connectivity index (χ0n) is 9.05. The minimum absolute atomic E-state index is 0.0521. The zero-order chi connectivity index (χ0) is 10.1. The van der Waals surface area contributed by atoms with E-state index in [0.717, 1.165) is 19.4 Å². The van der Waals surface area contributed by atoms with Crippen LogP contribution in [0.4, 0.5) is 4.79 Å². The summed E-state index contributed by atoms with van der Waals surface area (Å²) in [5, 5.41) is 2.89. The third-order valence-corrected chi connectivity index (χ3v) is 3.02. The first-order valence-electron chi connectivity index (χ1n) is 5.08. The minimum atomic E-state index is 0.0521. The van der Waals surface area contributed by atoms with Gasteiger partial charge in [0.1, 0.15) is 0 Å². The van der Waals surface area contributed by atoms with E-state index in [1.165, 1.54) is 0 Å². The van der Waals surface area contributed by atoms with Crippen LogP contribution < -0.4 is 5.32 Å². The van der Waals surface area contributed by atoms with Gasteiger partial charge < -0.3 is 10.2 Å². The number of hydrogen-bond acceptors (Lipinski definition) is 1. The topological polar surface area (TPSA) is 32.3 Å². The van der Waals surface area contributed by atoms with E-state index in [9.17, 15) is 4.79 Å². The summed E-state index contributed by atoms with van der Waals surface area (Å²) < 4.78 is 0. The molecule has 0 aromatic heterocycles. The third-order valence-electron chi connectivity index (χ3n) is 3.02. The summed E-state index contributed by atoms with van der Waals surface area (Å²) in [4.78, 5) is 13.6. The van der Waals surface area contributed by atoms with E-state index in [2.05, 4.69) is 33.0 Å². The van der Waals surface area contributed by atoms with Crippen LogP contribution in [0.2, 0.25) is 0 Å². The highest BCUT2D eigenvalue weighted by molar-refractivity contribution is 5.76. The van der Waals surface area contributed by atoms with E-state index >= 15 is 0 Å². The Labute approximate surface area is 80.5 Å². The van der Waals surface area contributed by atoms with Crippen LogP contribution in [0.1, 0.15) is 40.5 Å². The molecule has 1 aliphatic rings. The summed E-state index contributed by atoms with van der Waals surface area (Å²) in [5.74, 6) is 0. The fourth-order valence-electron chi connectivity index (χ4n) is 2.09. The van der Waals surface area contributed by atoms with Crippen molar-refractivity contribution in [3.63, 3.8) is 0 Å². The minimum Gasteiger partial charge on any atom is -0.338 e. The lowest BCUT2D eigenvalue weighted by atomic mass is 9.89. The molecule has 1 N–H and O–H groups in total. The Morgan fingerprint density at radius 3 is 2.62 bits per heavy atom. The molecule has 1 unspecified atom stereocenters. The largest absolute Gasteiger partial charge is 0.338 e. The van der Waals surface area contributed by atoms with Gasteiger partial charge in [-0.15, -0.1) is 0 Å². The Morgan fingerprint density at radius 1 is 1.62 bits per heavy atom. The average molecular weight is 184 g/mol. The van der Waals surface area contributed by atoms with Gasteiger partial charge in [0.2, 0.25) is 0 Å². The smallest absolute Gasteiger partial charge is 0.318 e.